The predicted octanol–water partition coefficient (Wildman–Crippen LogP) is 3.55. The summed E-state index contributed by atoms with van der Waals surface area (Å²) in [5.74, 6) is 0. The lowest BCUT2D eigenvalue weighted by Crippen LogP contribution is -2.29. The molecule has 1 heterocycles. The Morgan fingerprint density at radius 3 is 2.86 bits per heavy atom. The van der Waals surface area contributed by atoms with Crippen molar-refractivity contribution in [3.63, 3.8) is 0 Å². The van der Waals surface area contributed by atoms with Crippen LogP contribution in [0.5, 0.6) is 0 Å². The summed E-state index contributed by atoms with van der Waals surface area (Å²) >= 11 is 1.67. The molecule has 0 radical (unpaired) electrons. The molecule has 3 rings (SSSR count). The Balaban J connectivity index is 1.63. The highest BCUT2D eigenvalue weighted by Crippen LogP contribution is 2.30. The van der Waals surface area contributed by atoms with Gasteiger partial charge in [-0.05, 0) is 50.3 Å². The molecule has 1 aromatic carbocycles. The molecule has 0 aliphatic heterocycles. The van der Waals surface area contributed by atoms with Gasteiger partial charge in [-0.25, -0.2) is 4.98 Å². The van der Waals surface area contributed by atoms with Crippen molar-refractivity contribution in [3.05, 3.63) is 23.8 Å². The van der Waals surface area contributed by atoms with Crippen molar-refractivity contribution in [2.45, 2.75) is 51.4 Å². The number of benzene rings is 1. The molecule has 0 atom stereocenters. The standard InChI is InChI=1S/C16H22N2O2S/c1-2-20-13-6-4-12(5-7-13)17-16-18-14-8-3-11(10-19)9-15(14)21-16/h3,8-9,12-13,19H,2,4-7,10H2,1H3,(H,17,18). The Morgan fingerprint density at radius 2 is 2.14 bits per heavy atom. The van der Waals surface area contributed by atoms with E-state index in [-0.39, 0.29) is 6.61 Å². The molecule has 2 aromatic rings. The summed E-state index contributed by atoms with van der Waals surface area (Å²) in [7, 11) is 0. The number of rotatable bonds is 5. The van der Waals surface area contributed by atoms with Crippen LogP contribution in [0.4, 0.5) is 5.13 Å². The fourth-order valence-corrected chi connectivity index (χ4v) is 3.92. The van der Waals surface area contributed by atoms with E-state index in [1.54, 1.807) is 11.3 Å². The summed E-state index contributed by atoms with van der Waals surface area (Å²) in [6, 6.07) is 6.43. The van der Waals surface area contributed by atoms with Crippen LogP contribution in [-0.4, -0.2) is 28.8 Å². The maximum Gasteiger partial charge on any atom is 0.184 e. The second-order valence-corrected chi connectivity index (χ2v) is 6.58. The van der Waals surface area contributed by atoms with Crippen LogP contribution in [0.3, 0.4) is 0 Å². The van der Waals surface area contributed by atoms with Crippen molar-refractivity contribution in [1.82, 2.24) is 4.98 Å². The van der Waals surface area contributed by atoms with Gasteiger partial charge in [0.2, 0.25) is 0 Å². The van der Waals surface area contributed by atoms with Crippen LogP contribution in [0.1, 0.15) is 38.2 Å². The van der Waals surface area contributed by atoms with Crippen LogP contribution in [0.15, 0.2) is 18.2 Å². The molecule has 5 heteroatoms. The lowest BCUT2D eigenvalue weighted by Gasteiger charge is -2.28. The number of aromatic nitrogens is 1. The molecule has 0 bridgehead atoms. The molecular weight excluding hydrogens is 284 g/mol. The van der Waals surface area contributed by atoms with Crippen molar-refractivity contribution < 1.29 is 9.84 Å². The largest absolute Gasteiger partial charge is 0.392 e. The molecule has 0 spiro atoms. The summed E-state index contributed by atoms with van der Waals surface area (Å²) in [5.41, 5.74) is 1.94. The van der Waals surface area contributed by atoms with E-state index in [0.717, 1.165) is 53.2 Å². The van der Waals surface area contributed by atoms with Gasteiger partial charge in [-0.1, -0.05) is 17.4 Å². The minimum Gasteiger partial charge on any atom is -0.392 e. The van der Waals surface area contributed by atoms with Crippen LogP contribution in [-0.2, 0) is 11.3 Å². The molecular formula is C16H22N2O2S. The van der Waals surface area contributed by atoms with E-state index in [2.05, 4.69) is 17.2 Å². The number of aliphatic hydroxyl groups excluding tert-OH is 1. The molecule has 1 fully saturated rings. The van der Waals surface area contributed by atoms with Gasteiger partial charge in [-0.15, -0.1) is 0 Å². The number of anilines is 1. The van der Waals surface area contributed by atoms with Gasteiger partial charge in [-0.3, -0.25) is 0 Å². The van der Waals surface area contributed by atoms with E-state index in [1.807, 2.05) is 18.2 Å². The Hall–Kier alpha value is -1.17. The van der Waals surface area contributed by atoms with Crippen molar-refractivity contribution in [1.29, 1.82) is 0 Å². The first-order valence-electron chi connectivity index (χ1n) is 7.67. The second-order valence-electron chi connectivity index (χ2n) is 5.55. The third-order valence-electron chi connectivity index (χ3n) is 4.04. The molecule has 21 heavy (non-hydrogen) atoms. The zero-order chi connectivity index (χ0) is 14.7. The fourth-order valence-electron chi connectivity index (χ4n) is 2.91. The first kappa shape index (κ1) is 14.8. The third kappa shape index (κ3) is 3.54. The van der Waals surface area contributed by atoms with Crippen molar-refractivity contribution in [2.24, 2.45) is 0 Å². The number of thiazole rings is 1. The van der Waals surface area contributed by atoms with E-state index in [4.69, 9.17) is 4.74 Å². The van der Waals surface area contributed by atoms with Crippen LogP contribution < -0.4 is 5.32 Å². The number of aliphatic hydroxyl groups is 1. The zero-order valence-electron chi connectivity index (χ0n) is 12.3. The highest BCUT2D eigenvalue weighted by atomic mass is 32.1. The monoisotopic (exact) mass is 306 g/mol. The van der Waals surface area contributed by atoms with E-state index >= 15 is 0 Å². The average molecular weight is 306 g/mol. The minimum absolute atomic E-state index is 0.0814. The van der Waals surface area contributed by atoms with Crippen molar-refractivity contribution >= 4 is 26.7 Å². The molecule has 4 nitrogen and oxygen atoms in total. The Morgan fingerprint density at radius 1 is 1.33 bits per heavy atom. The molecule has 1 aliphatic carbocycles. The van der Waals surface area contributed by atoms with E-state index < -0.39 is 0 Å². The maximum absolute atomic E-state index is 9.19. The number of hydrogen-bond donors (Lipinski definition) is 2. The first-order chi connectivity index (χ1) is 10.3. The van der Waals surface area contributed by atoms with Gasteiger partial charge in [0.25, 0.3) is 0 Å². The van der Waals surface area contributed by atoms with Crippen LogP contribution in [0.2, 0.25) is 0 Å². The smallest absolute Gasteiger partial charge is 0.184 e. The lowest BCUT2D eigenvalue weighted by atomic mass is 9.93. The summed E-state index contributed by atoms with van der Waals surface area (Å²) in [6.07, 6.45) is 4.98. The minimum atomic E-state index is 0.0814. The Labute approximate surface area is 129 Å². The third-order valence-corrected chi connectivity index (χ3v) is 4.99. The average Bonchev–Trinajstić information content (AvgIpc) is 2.90. The van der Waals surface area contributed by atoms with Gasteiger partial charge < -0.3 is 15.2 Å². The molecule has 114 valence electrons. The molecule has 0 amide bonds. The van der Waals surface area contributed by atoms with Gasteiger partial charge in [0, 0.05) is 12.6 Å². The summed E-state index contributed by atoms with van der Waals surface area (Å²) in [5, 5.41) is 13.7. The van der Waals surface area contributed by atoms with Gasteiger partial charge in [-0.2, -0.15) is 0 Å². The van der Waals surface area contributed by atoms with E-state index in [9.17, 15) is 5.11 Å². The van der Waals surface area contributed by atoms with Gasteiger partial charge in [0.1, 0.15) is 0 Å². The van der Waals surface area contributed by atoms with E-state index in [0.29, 0.717) is 12.1 Å². The molecule has 1 aromatic heterocycles. The van der Waals surface area contributed by atoms with E-state index in [1.165, 1.54) is 0 Å². The molecule has 1 aliphatic rings. The van der Waals surface area contributed by atoms with Gasteiger partial charge in [0.15, 0.2) is 5.13 Å². The van der Waals surface area contributed by atoms with Gasteiger partial charge in [0.05, 0.1) is 22.9 Å². The lowest BCUT2D eigenvalue weighted by molar-refractivity contribution is 0.0346. The van der Waals surface area contributed by atoms with Gasteiger partial charge >= 0.3 is 0 Å². The predicted molar refractivity (Wildman–Crippen MR) is 86.8 cm³/mol. The maximum atomic E-state index is 9.19. The Bertz CT molecular complexity index is 591. The summed E-state index contributed by atoms with van der Waals surface area (Å²) in [6.45, 7) is 2.96. The highest BCUT2D eigenvalue weighted by Gasteiger charge is 2.21. The summed E-state index contributed by atoms with van der Waals surface area (Å²) < 4.78 is 6.82. The highest BCUT2D eigenvalue weighted by molar-refractivity contribution is 7.22. The molecule has 1 saturated carbocycles. The number of nitrogens with one attached hydrogen (secondary N) is 1. The normalized spacial score (nSPS) is 22.6. The second kappa shape index (κ2) is 6.73. The quantitative estimate of drug-likeness (QED) is 0.887. The molecule has 0 saturated heterocycles. The molecule has 2 N–H and O–H groups in total. The van der Waals surface area contributed by atoms with Crippen LogP contribution >= 0.6 is 11.3 Å². The first-order valence-corrected chi connectivity index (χ1v) is 8.48. The zero-order valence-corrected chi connectivity index (χ0v) is 13.2. The summed E-state index contributed by atoms with van der Waals surface area (Å²) in [4.78, 5) is 4.63. The SMILES string of the molecule is CCOC1CCC(Nc2nc3ccc(CO)cc3s2)CC1. The number of fused-ring (bicyclic) bond motifs is 1. The number of ether oxygens (including phenoxy) is 1. The van der Waals surface area contributed by atoms with Crippen molar-refractivity contribution in [3.8, 4) is 0 Å². The van der Waals surface area contributed by atoms with Crippen molar-refractivity contribution in [2.75, 3.05) is 11.9 Å². The fraction of sp³-hybridized carbons (Fsp3) is 0.562. The van der Waals surface area contributed by atoms with Crippen LogP contribution in [0.25, 0.3) is 10.2 Å². The van der Waals surface area contributed by atoms with Crippen LogP contribution in [0, 0.1) is 0 Å². The topological polar surface area (TPSA) is 54.4 Å². The Kier molecular flexibility index (Phi) is 4.73. The number of hydrogen-bond acceptors (Lipinski definition) is 5. The number of nitrogens with zero attached hydrogens (tertiary/aromatic N) is 1. The molecule has 0 unspecified atom stereocenters.